The first-order chi connectivity index (χ1) is 12.2. The van der Waals surface area contributed by atoms with Crippen LogP contribution in [0.25, 0.3) is 0 Å². The molecule has 0 aromatic carbocycles. The number of carbonyl (C=O) groups is 1. The van der Waals surface area contributed by atoms with Crippen molar-refractivity contribution in [2.45, 2.75) is 116 Å². The maximum absolute atomic E-state index is 12.5. The van der Waals surface area contributed by atoms with Crippen LogP contribution in [0.1, 0.15) is 80.1 Å². The molecule has 1 aliphatic carbocycles. The highest BCUT2D eigenvalue weighted by Crippen LogP contribution is 2.38. The van der Waals surface area contributed by atoms with Crippen LogP contribution >= 0.6 is 0 Å². The van der Waals surface area contributed by atoms with Crippen LogP contribution in [0.2, 0.25) is 18.1 Å². The molecule has 0 unspecified atom stereocenters. The Morgan fingerprint density at radius 3 is 2.11 bits per heavy atom. The number of amides is 1. The Kier molecular flexibility index (Phi) is 8.82. The van der Waals surface area contributed by atoms with Gasteiger partial charge in [-0.3, -0.25) is 0 Å². The van der Waals surface area contributed by atoms with Crippen LogP contribution < -0.4 is 11.1 Å². The van der Waals surface area contributed by atoms with Crippen molar-refractivity contribution in [2.75, 3.05) is 6.54 Å². The van der Waals surface area contributed by atoms with Crippen LogP contribution in [0.3, 0.4) is 0 Å². The Hall–Kier alpha value is -0.593. The van der Waals surface area contributed by atoms with Gasteiger partial charge in [-0.2, -0.15) is 0 Å². The van der Waals surface area contributed by atoms with Crippen LogP contribution in [-0.4, -0.2) is 38.7 Å². The van der Waals surface area contributed by atoms with Crippen molar-refractivity contribution in [3.05, 3.63) is 0 Å². The quantitative estimate of drug-likeness (QED) is 0.576. The van der Waals surface area contributed by atoms with Gasteiger partial charge < -0.3 is 20.2 Å². The minimum absolute atomic E-state index is 0.0989. The molecule has 3 N–H and O–H groups in total. The van der Waals surface area contributed by atoms with Gasteiger partial charge in [0.15, 0.2) is 8.32 Å². The molecular formula is C21H44N2O3Si. The fraction of sp³-hybridized carbons (Fsp3) is 0.952. The number of hydrogen-bond donors (Lipinski definition) is 2. The summed E-state index contributed by atoms with van der Waals surface area (Å²) in [4.78, 5) is 12.5. The van der Waals surface area contributed by atoms with Gasteiger partial charge in [0.25, 0.3) is 0 Å². The van der Waals surface area contributed by atoms with Gasteiger partial charge in [0, 0.05) is 6.54 Å². The standard InChI is InChI=1S/C21H44N2O3Si/c1-20(2,3)25-19(24)23-17(14-16-12-10-9-11-13-16)18(15-22)26-27(7,8)21(4,5)6/h16-18H,9-15,22H2,1-8H3,(H,23,24)/t17-,18+/m0/s1. The van der Waals surface area contributed by atoms with Crippen LogP contribution in [0.5, 0.6) is 0 Å². The van der Waals surface area contributed by atoms with Crippen molar-refractivity contribution in [3.63, 3.8) is 0 Å². The summed E-state index contributed by atoms with van der Waals surface area (Å²) in [7, 11) is -1.99. The third kappa shape index (κ3) is 8.53. The van der Waals surface area contributed by atoms with Crippen molar-refractivity contribution in [3.8, 4) is 0 Å². The number of ether oxygens (including phenoxy) is 1. The van der Waals surface area contributed by atoms with E-state index in [1.807, 2.05) is 20.8 Å². The minimum atomic E-state index is -1.99. The summed E-state index contributed by atoms with van der Waals surface area (Å²) < 4.78 is 12.1. The van der Waals surface area contributed by atoms with Crippen molar-refractivity contribution < 1.29 is 14.0 Å². The highest BCUT2D eigenvalue weighted by Gasteiger charge is 2.41. The Bertz CT molecular complexity index is 463. The van der Waals surface area contributed by atoms with E-state index in [9.17, 15) is 4.79 Å². The third-order valence-corrected chi connectivity index (χ3v) is 10.5. The van der Waals surface area contributed by atoms with E-state index in [0.29, 0.717) is 12.5 Å². The molecule has 0 radical (unpaired) electrons. The molecule has 0 aliphatic heterocycles. The number of rotatable bonds is 7. The Balaban J connectivity index is 2.92. The van der Waals surface area contributed by atoms with E-state index in [2.05, 4.69) is 39.2 Å². The summed E-state index contributed by atoms with van der Waals surface area (Å²) in [6, 6.07) is -0.109. The van der Waals surface area contributed by atoms with Crippen LogP contribution in [0, 0.1) is 5.92 Å². The predicted molar refractivity (Wildman–Crippen MR) is 115 cm³/mol. The van der Waals surface area contributed by atoms with Crippen LogP contribution in [0.15, 0.2) is 0 Å². The summed E-state index contributed by atoms with van der Waals surface area (Å²) in [5.74, 6) is 0.621. The monoisotopic (exact) mass is 400 g/mol. The number of alkyl carbamates (subject to hydrolysis) is 1. The normalized spacial score (nSPS) is 19.4. The molecule has 1 amide bonds. The van der Waals surface area contributed by atoms with Gasteiger partial charge in [-0.25, -0.2) is 4.79 Å². The smallest absolute Gasteiger partial charge is 0.407 e. The van der Waals surface area contributed by atoms with Crippen molar-refractivity contribution in [2.24, 2.45) is 11.7 Å². The Morgan fingerprint density at radius 2 is 1.67 bits per heavy atom. The van der Waals surface area contributed by atoms with Crippen LogP contribution in [0.4, 0.5) is 4.79 Å². The first kappa shape index (κ1) is 24.4. The summed E-state index contributed by atoms with van der Waals surface area (Å²) in [6.07, 6.45) is 6.69. The molecular weight excluding hydrogens is 356 g/mol. The maximum atomic E-state index is 12.5. The van der Waals surface area contributed by atoms with Gasteiger partial charge in [-0.1, -0.05) is 52.9 Å². The Morgan fingerprint density at radius 1 is 1.11 bits per heavy atom. The first-order valence-electron chi connectivity index (χ1n) is 10.6. The fourth-order valence-electron chi connectivity index (χ4n) is 3.39. The summed E-state index contributed by atoms with van der Waals surface area (Å²) in [6.45, 7) is 17.2. The number of hydrogen-bond acceptors (Lipinski definition) is 4. The second-order valence-electron chi connectivity index (χ2n) is 10.6. The summed E-state index contributed by atoms with van der Waals surface area (Å²) in [5, 5.41) is 3.20. The minimum Gasteiger partial charge on any atom is -0.444 e. The van der Waals surface area contributed by atoms with Crippen molar-refractivity contribution in [1.29, 1.82) is 0 Å². The molecule has 0 heterocycles. The first-order valence-corrected chi connectivity index (χ1v) is 13.5. The van der Waals surface area contributed by atoms with Gasteiger partial charge in [0.05, 0.1) is 12.1 Å². The lowest BCUT2D eigenvalue weighted by Crippen LogP contribution is -2.55. The average Bonchev–Trinajstić information content (AvgIpc) is 2.50. The predicted octanol–water partition coefficient (Wildman–Crippen LogP) is 5.20. The molecule has 0 aromatic rings. The number of carbonyl (C=O) groups excluding carboxylic acids is 1. The van der Waals surface area contributed by atoms with E-state index < -0.39 is 13.9 Å². The number of nitrogens with one attached hydrogen (secondary N) is 1. The van der Waals surface area contributed by atoms with Gasteiger partial charge >= 0.3 is 6.09 Å². The van der Waals surface area contributed by atoms with Crippen molar-refractivity contribution in [1.82, 2.24) is 5.32 Å². The van der Waals surface area contributed by atoms with Gasteiger partial charge in [0.1, 0.15) is 5.60 Å². The molecule has 1 saturated carbocycles. The van der Waals surface area contributed by atoms with E-state index in [1.165, 1.54) is 32.1 Å². The second-order valence-corrected chi connectivity index (χ2v) is 15.4. The fourth-order valence-corrected chi connectivity index (χ4v) is 4.77. The van der Waals surface area contributed by atoms with E-state index in [0.717, 1.165) is 6.42 Å². The van der Waals surface area contributed by atoms with E-state index in [1.54, 1.807) is 0 Å². The number of nitrogens with two attached hydrogens (primary N) is 1. The van der Waals surface area contributed by atoms with Crippen LogP contribution in [-0.2, 0) is 9.16 Å². The molecule has 2 atom stereocenters. The third-order valence-electron chi connectivity index (χ3n) is 5.95. The zero-order chi connectivity index (χ0) is 20.9. The Labute approximate surface area is 168 Å². The summed E-state index contributed by atoms with van der Waals surface area (Å²) >= 11 is 0. The largest absolute Gasteiger partial charge is 0.444 e. The molecule has 0 spiro atoms. The lowest BCUT2D eigenvalue weighted by molar-refractivity contribution is 0.0414. The molecule has 1 fully saturated rings. The lowest BCUT2D eigenvalue weighted by Gasteiger charge is -2.42. The summed E-state index contributed by atoms with van der Waals surface area (Å²) in [5.41, 5.74) is 5.62. The van der Waals surface area contributed by atoms with E-state index >= 15 is 0 Å². The molecule has 160 valence electrons. The van der Waals surface area contributed by atoms with Gasteiger partial charge in [0.2, 0.25) is 0 Å². The average molecular weight is 401 g/mol. The van der Waals surface area contributed by atoms with Gasteiger partial charge in [-0.05, 0) is 51.2 Å². The molecule has 5 nitrogen and oxygen atoms in total. The van der Waals surface area contributed by atoms with Gasteiger partial charge in [-0.15, -0.1) is 0 Å². The molecule has 1 rings (SSSR count). The zero-order valence-corrected chi connectivity index (χ0v) is 20.0. The van der Waals surface area contributed by atoms with Crippen molar-refractivity contribution >= 4 is 14.4 Å². The lowest BCUT2D eigenvalue weighted by atomic mass is 9.83. The van der Waals surface area contributed by atoms with E-state index in [4.69, 9.17) is 14.9 Å². The highest BCUT2D eigenvalue weighted by atomic mass is 28.4. The molecule has 0 saturated heterocycles. The molecule has 0 bridgehead atoms. The molecule has 27 heavy (non-hydrogen) atoms. The SMILES string of the molecule is CC(C)(C)OC(=O)N[C@@H](CC1CCCCC1)[C@@H](CN)O[Si](C)(C)C(C)(C)C. The highest BCUT2D eigenvalue weighted by molar-refractivity contribution is 6.74. The molecule has 0 aromatic heterocycles. The maximum Gasteiger partial charge on any atom is 0.407 e. The molecule has 6 heteroatoms. The second kappa shape index (κ2) is 9.75. The topological polar surface area (TPSA) is 73.6 Å². The molecule has 1 aliphatic rings. The zero-order valence-electron chi connectivity index (χ0n) is 19.0. The van der Waals surface area contributed by atoms with E-state index in [-0.39, 0.29) is 23.3 Å².